The van der Waals surface area contributed by atoms with Gasteiger partial charge in [0.25, 0.3) is 0 Å². The highest BCUT2D eigenvalue weighted by molar-refractivity contribution is 6.71. The van der Waals surface area contributed by atoms with Crippen molar-refractivity contribution in [3.05, 3.63) is 131 Å². The standard InChI is InChI=1S/C31H20OSi/c1-4-12-23-19(9-1)20-10-2-5-13-24(20)31(23)25-14-6-8-16-28(25)33-30-26(31)18-17-22-21-11-3-7-15-27(21)32-29(22)30/h1-18H,33H2. The van der Waals surface area contributed by atoms with E-state index in [9.17, 15) is 0 Å². The molecule has 0 fully saturated rings. The molecule has 0 bridgehead atoms. The SMILES string of the molecule is c1ccc2c(c1)[SiH2]c1c(ccc3c1oc1ccccc13)C21c2ccccc2-c2ccccc21. The van der Waals surface area contributed by atoms with Gasteiger partial charge < -0.3 is 4.42 Å². The van der Waals surface area contributed by atoms with E-state index in [0.29, 0.717) is 0 Å². The van der Waals surface area contributed by atoms with Crippen LogP contribution in [-0.4, -0.2) is 9.52 Å². The van der Waals surface area contributed by atoms with E-state index in [1.807, 2.05) is 0 Å². The molecule has 1 aromatic heterocycles. The van der Waals surface area contributed by atoms with Crippen LogP contribution in [0.4, 0.5) is 0 Å². The van der Waals surface area contributed by atoms with Gasteiger partial charge in [0, 0.05) is 10.8 Å². The van der Waals surface area contributed by atoms with Gasteiger partial charge in [0.1, 0.15) is 11.2 Å². The number of para-hydroxylation sites is 1. The zero-order chi connectivity index (χ0) is 21.6. The summed E-state index contributed by atoms with van der Waals surface area (Å²) in [7, 11) is -0.716. The molecule has 2 heterocycles. The Kier molecular flexibility index (Phi) is 3.27. The minimum absolute atomic E-state index is 0.294. The lowest BCUT2D eigenvalue weighted by Crippen LogP contribution is -2.49. The minimum Gasteiger partial charge on any atom is -0.456 e. The van der Waals surface area contributed by atoms with Gasteiger partial charge in [0.05, 0.1) is 14.9 Å². The summed E-state index contributed by atoms with van der Waals surface area (Å²) in [6.45, 7) is 0. The van der Waals surface area contributed by atoms with Crippen LogP contribution < -0.4 is 10.4 Å². The zero-order valence-corrected chi connectivity index (χ0v) is 19.4. The molecule has 0 unspecified atom stereocenters. The topological polar surface area (TPSA) is 13.1 Å². The Morgan fingerprint density at radius 1 is 0.515 bits per heavy atom. The molecule has 0 saturated carbocycles. The van der Waals surface area contributed by atoms with Crippen molar-refractivity contribution in [2.24, 2.45) is 0 Å². The highest BCUT2D eigenvalue weighted by Crippen LogP contribution is 2.56. The Morgan fingerprint density at radius 2 is 1.15 bits per heavy atom. The number of fused-ring (bicyclic) bond motifs is 13. The lowest BCUT2D eigenvalue weighted by atomic mass is 9.67. The smallest absolute Gasteiger partial charge is 0.135 e. The lowest BCUT2D eigenvalue weighted by Gasteiger charge is -2.40. The molecule has 8 rings (SSSR count). The van der Waals surface area contributed by atoms with Crippen LogP contribution in [0, 0.1) is 0 Å². The summed E-state index contributed by atoms with van der Waals surface area (Å²) in [5, 5.41) is 5.42. The summed E-state index contributed by atoms with van der Waals surface area (Å²) in [5.74, 6) is 0. The molecule has 154 valence electrons. The quantitative estimate of drug-likeness (QED) is 0.291. The van der Waals surface area contributed by atoms with Gasteiger partial charge in [-0.2, -0.15) is 0 Å². The Morgan fingerprint density at radius 3 is 1.94 bits per heavy atom. The maximum absolute atomic E-state index is 6.58. The molecular weight excluding hydrogens is 416 g/mol. The fraction of sp³-hybridized carbons (Fsp3) is 0.0323. The van der Waals surface area contributed by atoms with Crippen molar-refractivity contribution < 1.29 is 4.42 Å². The van der Waals surface area contributed by atoms with Crippen LogP contribution in [0.5, 0.6) is 0 Å². The van der Waals surface area contributed by atoms with Crippen LogP contribution in [-0.2, 0) is 5.41 Å². The Bertz CT molecular complexity index is 1710. The van der Waals surface area contributed by atoms with E-state index in [-0.39, 0.29) is 5.41 Å². The molecule has 1 nitrogen and oxygen atoms in total. The van der Waals surface area contributed by atoms with E-state index in [4.69, 9.17) is 4.42 Å². The molecule has 0 amide bonds. The third-order valence-corrected chi connectivity index (χ3v) is 9.85. The van der Waals surface area contributed by atoms with Crippen molar-refractivity contribution in [1.82, 2.24) is 0 Å². The molecule has 0 saturated heterocycles. The van der Waals surface area contributed by atoms with Crippen LogP contribution in [0.15, 0.2) is 114 Å². The van der Waals surface area contributed by atoms with Crippen molar-refractivity contribution in [2.75, 3.05) is 0 Å². The molecule has 33 heavy (non-hydrogen) atoms. The summed E-state index contributed by atoms with van der Waals surface area (Å²) < 4.78 is 6.58. The highest BCUT2D eigenvalue weighted by Gasteiger charge is 2.50. The maximum atomic E-state index is 6.58. The number of hydrogen-bond donors (Lipinski definition) is 0. The number of furan rings is 1. The third-order valence-electron chi connectivity index (χ3n) is 7.79. The molecule has 1 aliphatic carbocycles. The first-order valence-corrected chi connectivity index (χ1v) is 13.0. The van der Waals surface area contributed by atoms with Gasteiger partial charge in [0.15, 0.2) is 0 Å². The van der Waals surface area contributed by atoms with Gasteiger partial charge in [-0.1, -0.05) is 108 Å². The summed E-state index contributed by atoms with van der Waals surface area (Å²) in [6, 6.07) is 40.3. The largest absolute Gasteiger partial charge is 0.456 e. The molecule has 0 N–H and O–H groups in total. The molecule has 1 spiro atoms. The van der Waals surface area contributed by atoms with Gasteiger partial charge in [-0.25, -0.2) is 0 Å². The van der Waals surface area contributed by atoms with Crippen LogP contribution in [0.2, 0.25) is 0 Å². The predicted octanol–water partition coefficient (Wildman–Crippen LogP) is 5.38. The highest BCUT2D eigenvalue weighted by atomic mass is 28.2. The maximum Gasteiger partial charge on any atom is 0.135 e. The van der Waals surface area contributed by atoms with Crippen LogP contribution in [0.3, 0.4) is 0 Å². The molecule has 5 aromatic carbocycles. The van der Waals surface area contributed by atoms with Crippen molar-refractivity contribution in [2.45, 2.75) is 5.41 Å². The molecule has 6 aromatic rings. The van der Waals surface area contributed by atoms with E-state index in [1.165, 1.54) is 54.5 Å². The lowest BCUT2D eigenvalue weighted by molar-refractivity contribution is 0.669. The zero-order valence-electron chi connectivity index (χ0n) is 18.0. The molecule has 1 aliphatic heterocycles. The fourth-order valence-electron chi connectivity index (χ4n) is 6.56. The molecule has 0 atom stereocenters. The first-order chi connectivity index (χ1) is 16.4. The van der Waals surface area contributed by atoms with Crippen molar-refractivity contribution in [3.63, 3.8) is 0 Å². The first kappa shape index (κ1) is 17.6. The second kappa shape index (κ2) is 6.12. The van der Waals surface area contributed by atoms with Gasteiger partial charge in [-0.3, -0.25) is 0 Å². The third kappa shape index (κ3) is 2.03. The van der Waals surface area contributed by atoms with Crippen molar-refractivity contribution in [1.29, 1.82) is 0 Å². The van der Waals surface area contributed by atoms with Crippen LogP contribution in [0.1, 0.15) is 22.3 Å². The average molecular weight is 437 g/mol. The van der Waals surface area contributed by atoms with Crippen molar-refractivity contribution in [3.8, 4) is 11.1 Å². The summed E-state index contributed by atoms with van der Waals surface area (Å²) in [5.41, 5.74) is 10.1. The molecule has 0 radical (unpaired) electrons. The van der Waals surface area contributed by atoms with Crippen LogP contribution in [0.25, 0.3) is 33.1 Å². The number of hydrogen-bond acceptors (Lipinski definition) is 1. The Labute approximate surface area is 194 Å². The van der Waals surface area contributed by atoms with Crippen molar-refractivity contribution >= 4 is 41.8 Å². The molecule has 2 heteroatoms. The Hall–Kier alpha value is -3.88. The van der Waals surface area contributed by atoms with Gasteiger partial charge in [0.2, 0.25) is 0 Å². The first-order valence-electron chi connectivity index (χ1n) is 11.6. The fourth-order valence-corrected chi connectivity index (χ4v) is 8.77. The Balaban J connectivity index is 1.60. The van der Waals surface area contributed by atoms with E-state index in [0.717, 1.165) is 11.2 Å². The van der Waals surface area contributed by atoms with Gasteiger partial charge in [-0.05, 0) is 44.6 Å². The average Bonchev–Trinajstić information content (AvgIpc) is 3.40. The minimum atomic E-state index is -0.716. The monoisotopic (exact) mass is 436 g/mol. The molecule has 2 aliphatic rings. The van der Waals surface area contributed by atoms with Gasteiger partial charge >= 0.3 is 0 Å². The second-order valence-electron chi connectivity index (χ2n) is 9.24. The predicted molar refractivity (Wildman–Crippen MR) is 139 cm³/mol. The van der Waals surface area contributed by atoms with E-state index in [2.05, 4.69) is 109 Å². The summed E-state index contributed by atoms with van der Waals surface area (Å²) in [6.07, 6.45) is 0. The molecular formula is C31H20OSi. The van der Waals surface area contributed by atoms with Crippen LogP contribution >= 0.6 is 0 Å². The van der Waals surface area contributed by atoms with E-state index >= 15 is 0 Å². The van der Waals surface area contributed by atoms with E-state index < -0.39 is 9.52 Å². The number of benzene rings is 5. The second-order valence-corrected chi connectivity index (χ2v) is 11.1. The summed E-state index contributed by atoms with van der Waals surface area (Å²) >= 11 is 0. The normalized spacial score (nSPS) is 15.5. The van der Waals surface area contributed by atoms with E-state index in [1.54, 1.807) is 0 Å². The van der Waals surface area contributed by atoms with Gasteiger partial charge in [-0.15, -0.1) is 0 Å². The summed E-state index contributed by atoms with van der Waals surface area (Å²) in [4.78, 5) is 0. The number of rotatable bonds is 0.